The molecule has 0 aliphatic carbocycles. The second kappa shape index (κ2) is 4.63. The van der Waals surface area contributed by atoms with Crippen molar-refractivity contribution in [1.29, 1.82) is 0 Å². The maximum atomic E-state index is 4.47. The summed E-state index contributed by atoms with van der Waals surface area (Å²) in [6, 6.07) is 2.05. The number of aromatic nitrogens is 5. The smallest absolute Gasteiger partial charge is 0.142 e. The van der Waals surface area contributed by atoms with Gasteiger partial charge in [-0.15, -0.1) is 0 Å². The van der Waals surface area contributed by atoms with E-state index in [1.807, 2.05) is 18.5 Å². The van der Waals surface area contributed by atoms with Crippen LogP contribution in [-0.4, -0.2) is 38.0 Å². The van der Waals surface area contributed by atoms with Crippen molar-refractivity contribution in [2.75, 3.05) is 18.0 Å². The zero-order valence-corrected chi connectivity index (χ0v) is 11.1. The number of fused-ring (bicyclic) bond motifs is 1. The molecule has 0 amide bonds. The summed E-state index contributed by atoms with van der Waals surface area (Å²) in [5.74, 6) is 1.62. The van der Waals surface area contributed by atoms with Crippen molar-refractivity contribution in [3.63, 3.8) is 0 Å². The molecule has 0 aromatic carbocycles. The molecule has 6 nitrogen and oxygen atoms in total. The van der Waals surface area contributed by atoms with Crippen LogP contribution in [0.1, 0.15) is 24.5 Å². The Balaban J connectivity index is 1.56. The highest BCUT2D eigenvalue weighted by molar-refractivity contribution is 5.87. The summed E-state index contributed by atoms with van der Waals surface area (Å²) >= 11 is 0. The maximum absolute atomic E-state index is 4.47. The molecule has 0 unspecified atom stereocenters. The molecular formula is C14H16N6. The Kier molecular flexibility index (Phi) is 2.65. The van der Waals surface area contributed by atoms with Gasteiger partial charge in [-0.05, 0) is 18.9 Å². The second-order valence-corrected chi connectivity index (χ2v) is 5.21. The number of hydrogen-bond acceptors (Lipinski definition) is 4. The van der Waals surface area contributed by atoms with E-state index in [0.717, 1.165) is 42.8 Å². The van der Waals surface area contributed by atoms with Gasteiger partial charge >= 0.3 is 0 Å². The van der Waals surface area contributed by atoms with Crippen molar-refractivity contribution in [2.45, 2.75) is 18.8 Å². The standard InChI is InChI=1S/C14H16N6/c1-4-16-13-11(1)14(19-9-18-13)20-5-2-10(3-6-20)12-7-15-8-17-12/h1,4,7-10H,2-3,5-6H2,(H,15,17)(H,16,18,19). The largest absolute Gasteiger partial charge is 0.356 e. The predicted molar refractivity (Wildman–Crippen MR) is 76.7 cm³/mol. The van der Waals surface area contributed by atoms with Crippen LogP contribution in [0.5, 0.6) is 0 Å². The number of hydrogen-bond donors (Lipinski definition) is 2. The van der Waals surface area contributed by atoms with E-state index in [1.54, 1.807) is 12.7 Å². The maximum Gasteiger partial charge on any atom is 0.142 e. The molecule has 0 bridgehead atoms. The minimum absolute atomic E-state index is 0.581. The molecule has 6 heteroatoms. The van der Waals surface area contributed by atoms with Gasteiger partial charge in [0.1, 0.15) is 17.8 Å². The number of anilines is 1. The molecule has 4 rings (SSSR count). The van der Waals surface area contributed by atoms with Gasteiger partial charge in [0, 0.05) is 37.1 Å². The van der Waals surface area contributed by atoms with Gasteiger partial charge in [0.25, 0.3) is 0 Å². The van der Waals surface area contributed by atoms with E-state index in [2.05, 4.69) is 29.8 Å². The van der Waals surface area contributed by atoms with Crippen molar-refractivity contribution in [2.24, 2.45) is 0 Å². The topological polar surface area (TPSA) is 73.5 Å². The molecule has 3 aromatic heterocycles. The van der Waals surface area contributed by atoms with Gasteiger partial charge < -0.3 is 14.9 Å². The fraction of sp³-hybridized carbons (Fsp3) is 0.357. The quantitative estimate of drug-likeness (QED) is 0.746. The third-order valence-corrected chi connectivity index (χ3v) is 4.09. The average molecular weight is 268 g/mol. The molecule has 0 spiro atoms. The van der Waals surface area contributed by atoms with Crippen molar-refractivity contribution >= 4 is 16.9 Å². The normalized spacial score (nSPS) is 16.9. The summed E-state index contributed by atoms with van der Waals surface area (Å²) in [5, 5.41) is 1.10. The number of rotatable bonds is 2. The van der Waals surface area contributed by atoms with Crippen LogP contribution in [0.15, 0.2) is 31.1 Å². The molecule has 1 aliphatic heterocycles. The molecule has 2 N–H and O–H groups in total. The van der Waals surface area contributed by atoms with Crippen molar-refractivity contribution in [3.8, 4) is 0 Å². The van der Waals surface area contributed by atoms with Crippen molar-refractivity contribution in [3.05, 3.63) is 36.8 Å². The van der Waals surface area contributed by atoms with Crippen LogP contribution in [0.3, 0.4) is 0 Å². The lowest BCUT2D eigenvalue weighted by Gasteiger charge is -2.32. The molecule has 1 saturated heterocycles. The molecular weight excluding hydrogens is 252 g/mol. The monoisotopic (exact) mass is 268 g/mol. The molecule has 20 heavy (non-hydrogen) atoms. The van der Waals surface area contributed by atoms with Gasteiger partial charge in [0.15, 0.2) is 0 Å². The van der Waals surface area contributed by atoms with E-state index in [-0.39, 0.29) is 0 Å². The number of imidazole rings is 1. The van der Waals surface area contributed by atoms with E-state index >= 15 is 0 Å². The Labute approximate surface area is 116 Å². The minimum Gasteiger partial charge on any atom is -0.356 e. The van der Waals surface area contributed by atoms with Gasteiger partial charge in [-0.1, -0.05) is 0 Å². The predicted octanol–water partition coefficient (Wildman–Crippen LogP) is 2.06. The van der Waals surface area contributed by atoms with Gasteiger partial charge in [-0.3, -0.25) is 0 Å². The third kappa shape index (κ3) is 1.84. The first kappa shape index (κ1) is 11.5. The number of nitrogens with one attached hydrogen (secondary N) is 2. The number of aromatic amines is 2. The van der Waals surface area contributed by atoms with E-state index < -0.39 is 0 Å². The van der Waals surface area contributed by atoms with E-state index in [0.29, 0.717) is 5.92 Å². The van der Waals surface area contributed by atoms with Crippen LogP contribution >= 0.6 is 0 Å². The van der Waals surface area contributed by atoms with Gasteiger partial charge in [0.2, 0.25) is 0 Å². The highest BCUT2D eigenvalue weighted by Gasteiger charge is 2.23. The Morgan fingerprint density at radius 1 is 1.15 bits per heavy atom. The molecule has 102 valence electrons. The molecule has 0 atom stereocenters. The van der Waals surface area contributed by atoms with Crippen LogP contribution < -0.4 is 4.90 Å². The highest BCUT2D eigenvalue weighted by Crippen LogP contribution is 2.30. The lowest BCUT2D eigenvalue weighted by Crippen LogP contribution is -2.33. The fourth-order valence-electron chi connectivity index (χ4n) is 3.00. The fourth-order valence-corrected chi connectivity index (χ4v) is 3.00. The average Bonchev–Trinajstić information content (AvgIpc) is 3.18. The zero-order chi connectivity index (χ0) is 13.4. The Hall–Kier alpha value is -2.37. The zero-order valence-electron chi connectivity index (χ0n) is 11.1. The summed E-state index contributed by atoms with van der Waals surface area (Å²) in [5.41, 5.74) is 2.16. The second-order valence-electron chi connectivity index (χ2n) is 5.21. The molecule has 4 heterocycles. The van der Waals surface area contributed by atoms with Crippen molar-refractivity contribution < 1.29 is 0 Å². The minimum atomic E-state index is 0.581. The van der Waals surface area contributed by atoms with E-state index in [4.69, 9.17) is 0 Å². The lowest BCUT2D eigenvalue weighted by molar-refractivity contribution is 0.496. The molecule has 1 fully saturated rings. The Bertz CT molecular complexity index is 693. The SMILES string of the molecule is c1nc(N2CCC(c3cnc[nH]3)CC2)c2cc[nH]c2n1. The van der Waals surface area contributed by atoms with E-state index in [9.17, 15) is 0 Å². The van der Waals surface area contributed by atoms with Crippen LogP contribution in [-0.2, 0) is 0 Å². The molecule has 0 saturated carbocycles. The first-order valence-corrected chi connectivity index (χ1v) is 6.93. The summed E-state index contributed by atoms with van der Waals surface area (Å²) in [7, 11) is 0. The molecule has 0 radical (unpaired) electrons. The van der Waals surface area contributed by atoms with Crippen LogP contribution in [0, 0.1) is 0 Å². The Morgan fingerprint density at radius 2 is 2.05 bits per heavy atom. The van der Waals surface area contributed by atoms with Gasteiger partial charge in [-0.2, -0.15) is 0 Å². The van der Waals surface area contributed by atoms with Gasteiger partial charge in [0.05, 0.1) is 11.7 Å². The first-order valence-electron chi connectivity index (χ1n) is 6.93. The first-order chi connectivity index (χ1) is 9.92. The van der Waals surface area contributed by atoms with Gasteiger partial charge in [-0.25, -0.2) is 15.0 Å². The van der Waals surface area contributed by atoms with Crippen LogP contribution in [0.25, 0.3) is 11.0 Å². The number of H-pyrrole nitrogens is 2. The summed E-state index contributed by atoms with van der Waals surface area (Å²) < 4.78 is 0. The summed E-state index contributed by atoms with van der Waals surface area (Å²) in [6.07, 6.45) is 9.50. The van der Waals surface area contributed by atoms with Crippen LogP contribution in [0.4, 0.5) is 5.82 Å². The summed E-state index contributed by atoms with van der Waals surface area (Å²) in [6.45, 7) is 2.03. The number of nitrogens with zero attached hydrogens (tertiary/aromatic N) is 4. The highest BCUT2D eigenvalue weighted by atomic mass is 15.2. The number of piperidine rings is 1. The molecule has 3 aromatic rings. The van der Waals surface area contributed by atoms with E-state index in [1.165, 1.54) is 5.69 Å². The third-order valence-electron chi connectivity index (χ3n) is 4.09. The van der Waals surface area contributed by atoms with Crippen molar-refractivity contribution in [1.82, 2.24) is 24.9 Å². The molecule has 1 aliphatic rings. The van der Waals surface area contributed by atoms with Crippen LogP contribution in [0.2, 0.25) is 0 Å². The summed E-state index contributed by atoms with van der Waals surface area (Å²) in [4.78, 5) is 21.5. The lowest BCUT2D eigenvalue weighted by atomic mass is 9.94. The Morgan fingerprint density at radius 3 is 2.85 bits per heavy atom.